The van der Waals surface area contributed by atoms with E-state index < -0.39 is 5.54 Å². The van der Waals surface area contributed by atoms with Crippen LogP contribution in [0.4, 0.5) is 4.79 Å². The van der Waals surface area contributed by atoms with Crippen LogP contribution in [0, 0.1) is 6.92 Å². The topological polar surface area (TPSA) is 75.2 Å². The van der Waals surface area contributed by atoms with Crippen LogP contribution in [-0.2, 0) is 11.3 Å². The van der Waals surface area contributed by atoms with Crippen LogP contribution < -0.4 is 5.32 Å². The highest BCUT2D eigenvalue weighted by atomic mass is 32.2. The van der Waals surface area contributed by atoms with Crippen LogP contribution in [0.3, 0.4) is 0 Å². The molecule has 1 aromatic heterocycles. The van der Waals surface area contributed by atoms with Crippen LogP contribution in [-0.4, -0.2) is 43.9 Å². The first-order chi connectivity index (χ1) is 11.1. The van der Waals surface area contributed by atoms with Gasteiger partial charge in [0.25, 0.3) is 5.91 Å². The number of urea groups is 1. The number of amides is 3. The van der Waals surface area contributed by atoms with Gasteiger partial charge < -0.3 is 5.32 Å². The highest BCUT2D eigenvalue weighted by Crippen LogP contribution is 2.34. The maximum atomic E-state index is 12.7. The van der Waals surface area contributed by atoms with Crippen LogP contribution in [0.1, 0.15) is 17.8 Å². The molecule has 23 heavy (non-hydrogen) atoms. The summed E-state index contributed by atoms with van der Waals surface area (Å²) in [5.41, 5.74) is 2.28. The molecule has 3 amide bonds. The molecule has 1 atom stereocenters. The van der Waals surface area contributed by atoms with Gasteiger partial charge in [0.1, 0.15) is 5.54 Å². The average molecular weight is 328 g/mol. The van der Waals surface area contributed by atoms with Crippen LogP contribution in [0.2, 0.25) is 0 Å². The van der Waals surface area contributed by atoms with Gasteiger partial charge in [-0.2, -0.15) is 11.8 Å². The van der Waals surface area contributed by atoms with Gasteiger partial charge in [-0.15, -0.1) is 0 Å². The van der Waals surface area contributed by atoms with Crippen molar-refractivity contribution in [3.63, 3.8) is 0 Å². The normalized spacial score (nSPS) is 24.0. The molecular weight excluding hydrogens is 312 g/mol. The number of carbonyl (C=O) groups is 2. The number of hydrogen-bond acceptors (Lipinski definition) is 5. The van der Waals surface area contributed by atoms with Crippen molar-refractivity contribution in [2.45, 2.75) is 25.4 Å². The van der Waals surface area contributed by atoms with Gasteiger partial charge >= 0.3 is 6.03 Å². The zero-order valence-corrected chi connectivity index (χ0v) is 13.5. The Kier molecular flexibility index (Phi) is 3.26. The van der Waals surface area contributed by atoms with Gasteiger partial charge in [0.05, 0.1) is 29.0 Å². The second kappa shape index (κ2) is 5.19. The van der Waals surface area contributed by atoms with Crippen LogP contribution in [0.25, 0.3) is 11.0 Å². The minimum atomic E-state index is -0.708. The van der Waals surface area contributed by atoms with Gasteiger partial charge in [0.2, 0.25) is 0 Å². The molecule has 2 aliphatic heterocycles. The SMILES string of the molecule is Cc1nc2ccccc2nc1CN1C(=O)NC2(CCSC2)C1=O. The fourth-order valence-electron chi connectivity index (χ4n) is 3.08. The lowest BCUT2D eigenvalue weighted by Crippen LogP contribution is -2.46. The number of rotatable bonds is 2. The largest absolute Gasteiger partial charge is 0.325 e. The molecule has 4 rings (SSSR count). The van der Waals surface area contributed by atoms with E-state index in [-0.39, 0.29) is 18.5 Å². The fourth-order valence-corrected chi connectivity index (χ4v) is 4.40. The Morgan fingerprint density at radius 2 is 2.00 bits per heavy atom. The molecule has 118 valence electrons. The first-order valence-corrected chi connectivity index (χ1v) is 8.69. The summed E-state index contributed by atoms with van der Waals surface area (Å²) in [6.45, 7) is 2.02. The van der Waals surface area contributed by atoms with E-state index in [4.69, 9.17) is 0 Å². The second-order valence-corrected chi connectivity index (χ2v) is 7.06. The number of carbonyl (C=O) groups excluding carboxylic acids is 2. The van der Waals surface area contributed by atoms with E-state index in [0.717, 1.165) is 22.5 Å². The van der Waals surface area contributed by atoms with Crippen molar-refractivity contribution in [1.82, 2.24) is 20.2 Å². The molecule has 0 bridgehead atoms. The Bertz CT molecular complexity index is 817. The highest BCUT2D eigenvalue weighted by molar-refractivity contribution is 7.99. The Balaban J connectivity index is 1.66. The molecule has 0 saturated carbocycles. The summed E-state index contributed by atoms with van der Waals surface area (Å²) in [5, 5.41) is 2.87. The van der Waals surface area contributed by atoms with Gasteiger partial charge in [0, 0.05) is 5.75 Å². The monoisotopic (exact) mass is 328 g/mol. The molecule has 7 heteroatoms. The molecule has 2 aromatic rings. The van der Waals surface area contributed by atoms with E-state index >= 15 is 0 Å². The predicted octanol–water partition coefficient (Wildman–Crippen LogP) is 1.87. The smallest absolute Gasteiger partial charge is 0.322 e. The van der Waals surface area contributed by atoms with Crippen molar-refractivity contribution in [3.8, 4) is 0 Å². The summed E-state index contributed by atoms with van der Waals surface area (Å²) in [5.74, 6) is 1.41. The number of aryl methyl sites for hydroxylation is 1. The van der Waals surface area contributed by atoms with E-state index in [2.05, 4.69) is 15.3 Å². The third kappa shape index (κ3) is 2.26. The van der Waals surface area contributed by atoms with E-state index in [1.807, 2.05) is 31.2 Å². The minimum absolute atomic E-state index is 0.137. The quantitative estimate of drug-likeness (QED) is 0.852. The van der Waals surface area contributed by atoms with Gasteiger partial charge in [-0.25, -0.2) is 14.8 Å². The lowest BCUT2D eigenvalue weighted by molar-refractivity contribution is -0.130. The van der Waals surface area contributed by atoms with Gasteiger partial charge in [-0.3, -0.25) is 9.69 Å². The third-order valence-electron chi connectivity index (χ3n) is 4.42. The number of thioether (sulfide) groups is 1. The Labute approximate surface area is 137 Å². The molecule has 1 spiro atoms. The predicted molar refractivity (Wildman–Crippen MR) is 88.0 cm³/mol. The fraction of sp³-hybridized carbons (Fsp3) is 0.375. The average Bonchev–Trinajstić information content (AvgIpc) is 3.09. The third-order valence-corrected chi connectivity index (χ3v) is 5.61. The maximum absolute atomic E-state index is 12.7. The summed E-state index contributed by atoms with van der Waals surface area (Å²) < 4.78 is 0. The van der Waals surface area contributed by atoms with Crippen LogP contribution >= 0.6 is 11.8 Å². The Morgan fingerprint density at radius 3 is 2.70 bits per heavy atom. The highest BCUT2D eigenvalue weighted by Gasteiger charge is 2.52. The molecule has 2 fully saturated rings. The van der Waals surface area contributed by atoms with Crippen molar-refractivity contribution in [1.29, 1.82) is 0 Å². The molecule has 1 aromatic carbocycles. The van der Waals surface area contributed by atoms with Crippen LogP contribution in [0.5, 0.6) is 0 Å². The summed E-state index contributed by atoms with van der Waals surface area (Å²) in [7, 11) is 0. The minimum Gasteiger partial charge on any atom is -0.322 e. The van der Waals surface area contributed by atoms with Crippen LogP contribution in [0.15, 0.2) is 24.3 Å². The van der Waals surface area contributed by atoms with E-state index in [1.54, 1.807) is 11.8 Å². The summed E-state index contributed by atoms with van der Waals surface area (Å²) in [4.78, 5) is 35.3. The van der Waals surface area contributed by atoms with E-state index in [9.17, 15) is 9.59 Å². The number of hydrogen-bond donors (Lipinski definition) is 1. The van der Waals surface area contributed by atoms with E-state index in [1.165, 1.54) is 4.90 Å². The number of benzene rings is 1. The number of aromatic nitrogens is 2. The van der Waals surface area contributed by atoms with Gasteiger partial charge in [0.15, 0.2) is 0 Å². The van der Waals surface area contributed by atoms with Gasteiger partial charge in [-0.05, 0) is 31.2 Å². The van der Waals surface area contributed by atoms with Crippen molar-refractivity contribution in [2.75, 3.05) is 11.5 Å². The Hall–Kier alpha value is -2.15. The standard InChI is InChI=1S/C16H16N4O2S/c1-10-13(18-12-5-3-2-4-11(12)17-10)8-20-14(21)16(19-15(20)22)6-7-23-9-16/h2-5H,6-9H2,1H3,(H,19,22). The molecule has 3 heterocycles. The number of nitrogens with one attached hydrogen (secondary N) is 1. The second-order valence-electron chi connectivity index (χ2n) is 5.95. The molecule has 2 saturated heterocycles. The zero-order valence-electron chi connectivity index (χ0n) is 12.7. The lowest BCUT2D eigenvalue weighted by Gasteiger charge is -2.19. The molecule has 1 N–H and O–H groups in total. The Morgan fingerprint density at radius 1 is 1.26 bits per heavy atom. The number of imide groups is 1. The van der Waals surface area contributed by atoms with Crippen molar-refractivity contribution in [2.24, 2.45) is 0 Å². The molecule has 1 unspecified atom stereocenters. The molecule has 0 radical (unpaired) electrons. The maximum Gasteiger partial charge on any atom is 0.325 e. The first kappa shape index (κ1) is 14.4. The van der Waals surface area contributed by atoms with Crippen molar-refractivity contribution >= 4 is 34.7 Å². The molecular formula is C16H16N4O2S. The summed E-state index contributed by atoms with van der Waals surface area (Å²) >= 11 is 1.70. The summed E-state index contributed by atoms with van der Waals surface area (Å²) in [6, 6.07) is 7.26. The van der Waals surface area contributed by atoms with Crippen molar-refractivity contribution < 1.29 is 9.59 Å². The summed E-state index contributed by atoms with van der Waals surface area (Å²) in [6.07, 6.45) is 0.696. The van der Waals surface area contributed by atoms with Gasteiger partial charge in [-0.1, -0.05) is 12.1 Å². The van der Waals surface area contributed by atoms with Crippen molar-refractivity contribution in [3.05, 3.63) is 35.7 Å². The molecule has 2 aliphatic rings. The number of fused-ring (bicyclic) bond motifs is 1. The van der Waals surface area contributed by atoms with E-state index in [0.29, 0.717) is 17.9 Å². The zero-order chi connectivity index (χ0) is 16.0. The number of nitrogens with zero attached hydrogens (tertiary/aromatic N) is 3. The molecule has 6 nitrogen and oxygen atoms in total. The molecule has 0 aliphatic carbocycles. The first-order valence-electron chi connectivity index (χ1n) is 7.53. The number of para-hydroxylation sites is 2. The lowest BCUT2D eigenvalue weighted by atomic mass is 9.99.